The maximum Gasteiger partial charge on any atom is 0.255 e. The molecule has 1 aromatic carbocycles. The van der Waals surface area contributed by atoms with Gasteiger partial charge < -0.3 is 10.2 Å². The molecule has 0 saturated carbocycles. The maximum absolute atomic E-state index is 12.8. The first kappa shape index (κ1) is 16.3. The van der Waals surface area contributed by atoms with Crippen LogP contribution in [-0.2, 0) is 0 Å². The number of fused-ring (bicyclic) bond motifs is 2. The second-order valence-electron chi connectivity index (χ2n) is 5.21. The number of amides is 1. The Kier molecular flexibility index (Phi) is 5.56. The van der Waals surface area contributed by atoms with Crippen LogP contribution in [0.1, 0.15) is 29.6 Å². The molecule has 2 heterocycles. The van der Waals surface area contributed by atoms with Gasteiger partial charge in [0.15, 0.2) is 0 Å². The van der Waals surface area contributed by atoms with Crippen LogP contribution in [0.25, 0.3) is 0 Å². The third-order valence-corrected chi connectivity index (χ3v) is 5.03. The van der Waals surface area contributed by atoms with Crippen LogP contribution in [0.15, 0.2) is 18.2 Å². The van der Waals surface area contributed by atoms with E-state index in [9.17, 15) is 4.79 Å². The molecule has 2 atom stereocenters. The van der Waals surface area contributed by atoms with Gasteiger partial charge in [-0.05, 0) is 66.6 Å². The lowest BCUT2D eigenvalue weighted by atomic mass is 10.1. The highest BCUT2D eigenvalue weighted by Gasteiger charge is 2.38. The van der Waals surface area contributed by atoms with Crippen molar-refractivity contribution in [2.75, 3.05) is 13.1 Å². The van der Waals surface area contributed by atoms with Crippen molar-refractivity contribution in [3.8, 4) is 0 Å². The van der Waals surface area contributed by atoms with Gasteiger partial charge in [-0.3, -0.25) is 4.79 Å². The van der Waals surface area contributed by atoms with Crippen LogP contribution < -0.4 is 5.32 Å². The molecule has 3 nitrogen and oxygen atoms in total. The number of carbonyl (C=O) groups excluding carboxylic acids is 1. The second-order valence-corrected chi connectivity index (χ2v) is 6.87. The Balaban J connectivity index is 0.00000147. The highest BCUT2D eigenvalue weighted by molar-refractivity contribution is 14.1. The third-order valence-electron chi connectivity index (χ3n) is 4.05. The summed E-state index contributed by atoms with van der Waals surface area (Å²) in [6.07, 6.45) is 3.27. The van der Waals surface area contributed by atoms with E-state index in [2.05, 4.69) is 32.8 Å². The van der Waals surface area contributed by atoms with E-state index in [0.29, 0.717) is 22.7 Å². The smallest absolute Gasteiger partial charge is 0.255 e. The maximum atomic E-state index is 12.8. The molecular weight excluding hydrogens is 410 g/mol. The first-order chi connectivity index (χ1) is 9.16. The molecule has 20 heavy (non-hydrogen) atoms. The Morgan fingerprint density at radius 2 is 2.05 bits per heavy atom. The molecule has 0 spiro atoms. The number of benzene rings is 1. The van der Waals surface area contributed by atoms with Crippen molar-refractivity contribution in [3.63, 3.8) is 0 Å². The molecule has 2 saturated heterocycles. The number of hydrogen-bond acceptors (Lipinski definition) is 2. The van der Waals surface area contributed by atoms with Crippen LogP contribution in [0.2, 0.25) is 5.02 Å². The zero-order chi connectivity index (χ0) is 13.4. The van der Waals surface area contributed by atoms with E-state index < -0.39 is 0 Å². The number of rotatable bonds is 1. The first-order valence-electron chi connectivity index (χ1n) is 6.65. The Labute approximate surface area is 144 Å². The Morgan fingerprint density at radius 3 is 2.80 bits per heavy atom. The molecule has 2 aliphatic heterocycles. The van der Waals surface area contributed by atoms with E-state index in [0.717, 1.165) is 35.9 Å². The minimum absolute atomic E-state index is 0. The van der Waals surface area contributed by atoms with E-state index >= 15 is 0 Å². The molecule has 1 N–H and O–H groups in total. The molecule has 110 valence electrons. The highest BCUT2D eigenvalue weighted by atomic mass is 127. The molecule has 0 radical (unpaired) electrons. The molecule has 3 rings (SSSR count). The lowest BCUT2D eigenvalue weighted by Crippen LogP contribution is -2.42. The number of hydrogen-bond donors (Lipinski definition) is 1. The first-order valence-corrected chi connectivity index (χ1v) is 8.11. The van der Waals surface area contributed by atoms with Crippen molar-refractivity contribution in [2.24, 2.45) is 0 Å². The van der Waals surface area contributed by atoms with Gasteiger partial charge in [0.1, 0.15) is 0 Å². The molecule has 2 unspecified atom stereocenters. The summed E-state index contributed by atoms with van der Waals surface area (Å²) in [5, 5.41) is 3.97. The largest absolute Gasteiger partial charge is 0.331 e. The van der Waals surface area contributed by atoms with E-state index in [-0.39, 0.29) is 18.3 Å². The molecule has 0 aromatic heterocycles. The van der Waals surface area contributed by atoms with Crippen LogP contribution in [0.5, 0.6) is 0 Å². The van der Waals surface area contributed by atoms with Gasteiger partial charge in [0, 0.05) is 22.2 Å². The van der Waals surface area contributed by atoms with Crippen molar-refractivity contribution < 1.29 is 4.79 Å². The lowest BCUT2D eigenvalue weighted by molar-refractivity contribution is 0.0680. The second kappa shape index (κ2) is 6.81. The number of halogens is 3. The average Bonchev–Trinajstić information content (AvgIpc) is 2.62. The number of carbonyl (C=O) groups is 1. The zero-order valence-electron chi connectivity index (χ0n) is 10.9. The van der Waals surface area contributed by atoms with Gasteiger partial charge in [-0.25, -0.2) is 0 Å². The summed E-state index contributed by atoms with van der Waals surface area (Å²) in [4.78, 5) is 14.8. The van der Waals surface area contributed by atoms with Crippen LogP contribution >= 0.6 is 46.6 Å². The van der Waals surface area contributed by atoms with Crippen molar-refractivity contribution in [3.05, 3.63) is 32.4 Å². The quantitative estimate of drug-likeness (QED) is 0.698. The van der Waals surface area contributed by atoms with Gasteiger partial charge >= 0.3 is 0 Å². The summed E-state index contributed by atoms with van der Waals surface area (Å²) in [6.45, 7) is 1.91. The highest BCUT2D eigenvalue weighted by Crippen LogP contribution is 2.31. The fourth-order valence-electron chi connectivity index (χ4n) is 3.12. The Bertz CT molecular complexity index is 498. The van der Waals surface area contributed by atoms with Crippen molar-refractivity contribution in [1.29, 1.82) is 0 Å². The molecule has 1 amide bonds. The van der Waals surface area contributed by atoms with Crippen molar-refractivity contribution in [1.82, 2.24) is 10.2 Å². The molecule has 6 heteroatoms. The van der Waals surface area contributed by atoms with Gasteiger partial charge in [0.2, 0.25) is 0 Å². The summed E-state index contributed by atoms with van der Waals surface area (Å²) in [7, 11) is 0. The predicted molar refractivity (Wildman–Crippen MR) is 91.9 cm³/mol. The third kappa shape index (κ3) is 3.08. The zero-order valence-corrected chi connectivity index (χ0v) is 14.7. The normalized spacial score (nSPS) is 25.0. The predicted octanol–water partition coefficient (Wildman–Crippen LogP) is 3.33. The molecule has 2 aliphatic rings. The molecular formula is C14H17Cl2IN2O. The lowest BCUT2D eigenvalue weighted by Gasteiger charge is -2.28. The van der Waals surface area contributed by atoms with Gasteiger partial charge in [-0.2, -0.15) is 0 Å². The summed E-state index contributed by atoms with van der Waals surface area (Å²) >= 11 is 8.44. The van der Waals surface area contributed by atoms with Crippen molar-refractivity contribution in [2.45, 2.75) is 31.3 Å². The van der Waals surface area contributed by atoms with Crippen LogP contribution in [0.4, 0.5) is 0 Å². The Morgan fingerprint density at radius 1 is 1.30 bits per heavy atom. The molecule has 1 aromatic rings. The molecule has 2 bridgehead atoms. The van der Waals surface area contributed by atoms with E-state index in [1.807, 2.05) is 18.2 Å². The topological polar surface area (TPSA) is 32.3 Å². The fourth-order valence-corrected chi connectivity index (χ4v) is 4.05. The van der Waals surface area contributed by atoms with Gasteiger partial charge in [-0.15, -0.1) is 12.4 Å². The van der Waals surface area contributed by atoms with Gasteiger partial charge in [-0.1, -0.05) is 11.6 Å². The number of nitrogens with one attached hydrogen (secondary N) is 1. The minimum Gasteiger partial charge on any atom is -0.331 e. The molecule has 0 aliphatic carbocycles. The summed E-state index contributed by atoms with van der Waals surface area (Å²) < 4.78 is 1.06. The van der Waals surface area contributed by atoms with E-state index in [1.54, 1.807) is 0 Å². The number of nitrogens with zero attached hydrogens (tertiary/aromatic N) is 1. The average molecular weight is 427 g/mol. The van der Waals surface area contributed by atoms with Crippen molar-refractivity contribution >= 4 is 52.5 Å². The van der Waals surface area contributed by atoms with Crippen LogP contribution in [-0.4, -0.2) is 36.0 Å². The monoisotopic (exact) mass is 426 g/mol. The van der Waals surface area contributed by atoms with E-state index in [4.69, 9.17) is 11.6 Å². The standard InChI is InChI=1S/C14H16ClIN2O.ClH/c15-13-7-9(16)1-4-12(13)14(19)18-10-2-3-11(18)8-17-6-5-10;/h1,4,7,10-11,17H,2-3,5-6,8H2;1H. The minimum atomic E-state index is 0. The Hall–Kier alpha value is -0.0400. The summed E-state index contributed by atoms with van der Waals surface area (Å²) in [6, 6.07) is 6.35. The van der Waals surface area contributed by atoms with Gasteiger partial charge in [0.25, 0.3) is 5.91 Å². The fraction of sp³-hybridized carbons (Fsp3) is 0.500. The SMILES string of the molecule is Cl.O=C(c1ccc(I)cc1Cl)N1C2CCNCC1CC2. The summed E-state index contributed by atoms with van der Waals surface area (Å²) in [5.41, 5.74) is 0.640. The van der Waals surface area contributed by atoms with Crippen LogP contribution in [0.3, 0.4) is 0 Å². The molecule has 2 fully saturated rings. The van der Waals surface area contributed by atoms with Crippen LogP contribution in [0, 0.1) is 3.57 Å². The van der Waals surface area contributed by atoms with Gasteiger partial charge in [0.05, 0.1) is 10.6 Å². The summed E-state index contributed by atoms with van der Waals surface area (Å²) in [5.74, 6) is 0.0950. The van der Waals surface area contributed by atoms with E-state index in [1.165, 1.54) is 0 Å².